The minimum Gasteiger partial charge on any atom is -0.304 e. The van der Waals surface area contributed by atoms with Gasteiger partial charge in [0.15, 0.2) is 0 Å². The molecule has 0 aromatic heterocycles. The molecule has 1 nitrogen and oxygen atoms in total. The minimum atomic E-state index is 0.705. The van der Waals surface area contributed by atoms with Crippen molar-refractivity contribution in [1.82, 2.24) is 4.90 Å². The molecule has 0 saturated heterocycles. The zero-order valence-corrected chi connectivity index (χ0v) is 9.15. The Morgan fingerprint density at radius 2 is 1.64 bits per heavy atom. The Labute approximate surface area is 72.8 Å². The van der Waals surface area contributed by atoms with Gasteiger partial charge in [-0.05, 0) is 33.9 Å². The molecule has 0 bridgehead atoms. The van der Waals surface area contributed by atoms with Crippen molar-refractivity contribution in [3.63, 3.8) is 0 Å². The van der Waals surface area contributed by atoms with Gasteiger partial charge in [0.25, 0.3) is 0 Å². The van der Waals surface area contributed by atoms with E-state index in [1.807, 2.05) is 13.8 Å². The molecule has 70 valence electrons. The second-order valence-corrected chi connectivity index (χ2v) is 2.93. The van der Waals surface area contributed by atoms with Crippen molar-refractivity contribution in [2.75, 3.05) is 13.6 Å². The maximum Gasteiger partial charge on any atom is 0.00355 e. The van der Waals surface area contributed by atoms with E-state index < -0.39 is 0 Å². The summed E-state index contributed by atoms with van der Waals surface area (Å²) in [6.07, 6.45) is 2.63. The van der Waals surface area contributed by atoms with Crippen molar-refractivity contribution in [3.05, 3.63) is 0 Å². The Morgan fingerprint density at radius 1 is 1.18 bits per heavy atom. The van der Waals surface area contributed by atoms with Crippen molar-refractivity contribution in [3.8, 4) is 0 Å². The van der Waals surface area contributed by atoms with E-state index in [0.29, 0.717) is 6.04 Å². The summed E-state index contributed by atoms with van der Waals surface area (Å²) in [4.78, 5) is 2.38. The lowest BCUT2D eigenvalue weighted by Crippen LogP contribution is -2.26. The van der Waals surface area contributed by atoms with Crippen LogP contribution in [0.25, 0.3) is 0 Å². The maximum atomic E-state index is 2.38. The Bertz CT molecular complexity index is 59.9. The summed E-state index contributed by atoms with van der Waals surface area (Å²) < 4.78 is 0. The third kappa shape index (κ3) is 9.96. The summed E-state index contributed by atoms with van der Waals surface area (Å²) in [6.45, 7) is 11.9. The molecule has 0 aliphatic carbocycles. The van der Waals surface area contributed by atoms with Crippen molar-refractivity contribution in [2.45, 2.75) is 53.5 Å². The van der Waals surface area contributed by atoms with Gasteiger partial charge in [-0.2, -0.15) is 0 Å². The first-order valence-electron chi connectivity index (χ1n) is 4.88. The summed E-state index contributed by atoms with van der Waals surface area (Å²) in [6, 6.07) is 0.705. The first kappa shape index (κ1) is 13.5. The van der Waals surface area contributed by atoms with Crippen LogP contribution in [0.5, 0.6) is 0 Å². The number of hydrogen-bond acceptors (Lipinski definition) is 1. The molecule has 11 heavy (non-hydrogen) atoms. The van der Waals surface area contributed by atoms with E-state index in [-0.39, 0.29) is 0 Å². The fourth-order valence-corrected chi connectivity index (χ4v) is 0.666. The summed E-state index contributed by atoms with van der Waals surface area (Å²) in [5.74, 6) is 0. The summed E-state index contributed by atoms with van der Waals surface area (Å²) >= 11 is 0. The van der Waals surface area contributed by atoms with Gasteiger partial charge in [0.05, 0.1) is 0 Å². The molecule has 1 heteroatoms. The highest BCUT2D eigenvalue weighted by Crippen LogP contribution is 1.96. The Kier molecular flexibility index (Phi) is 12.3. The molecule has 0 spiro atoms. The van der Waals surface area contributed by atoms with Crippen molar-refractivity contribution >= 4 is 0 Å². The van der Waals surface area contributed by atoms with E-state index in [2.05, 4.69) is 32.7 Å². The van der Waals surface area contributed by atoms with Gasteiger partial charge >= 0.3 is 0 Å². The minimum absolute atomic E-state index is 0.705. The van der Waals surface area contributed by atoms with E-state index in [1.54, 1.807) is 0 Å². The van der Waals surface area contributed by atoms with E-state index >= 15 is 0 Å². The average molecular weight is 159 g/mol. The summed E-state index contributed by atoms with van der Waals surface area (Å²) in [7, 11) is 2.18. The SMILES string of the molecule is CC.CCCCN(C)C(C)C. The Morgan fingerprint density at radius 3 is 1.91 bits per heavy atom. The van der Waals surface area contributed by atoms with Crippen LogP contribution in [-0.2, 0) is 0 Å². The molecule has 0 rings (SSSR count). The van der Waals surface area contributed by atoms with Crippen LogP contribution in [0.3, 0.4) is 0 Å². The fraction of sp³-hybridized carbons (Fsp3) is 1.00. The predicted molar refractivity (Wildman–Crippen MR) is 54.0 cm³/mol. The van der Waals surface area contributed by atoms with Gasteiger partial charge in [-0.1, -0.05) is 27.2 Å². The first-order valence-corrected chi connectivity index (χ1v) is 4.88. The molecule has 0 aliphatic rings. The van der Waals surface area contributed by atoms with Gasteiger partial charge < -0.3 is 4.90 Å². The monoisotopic (exact) mass is 159 g/mol. The van der Waals surface area contributed by atoms with Crippen LogP contribution in [0.15, 0.2) is 0 Å². The highest BCUT2D eigenvalue weighted by Gasteiger charge is 1.99. The largest absolute Gasteiger partial charge is 0.304 e. The van der Waals surface area contributed by atoms with Crippen LogP contribution in [0.4, 0.5) is 0 Å². The van der Waals surface area contributed by atoms with Crippen molar-refractivity contribution in [2.24, 2.45) is 0 Å². The van der Waals surface area contributed by atoms with Crippen LogP contribution in [0.2, 0.25) is 0 Å². The fourth-order valence-electron chi connectivity index (χ4n) is 0.666. The quantitative estimate of drug-likeness (QED) is 0.609. The Hall–Kier alpha value is -0.0400. The molecule has 0 N–H and O–H groups in total. The second-order valence-electron chi connectivity index (χ2n) is 2.93. The van der Waals surface area contributed by atoms with Crippen LogP contribution in [0, 0.1) is 0 Å². The standard InChI is InChI=1S/C8H19N.C2H6/c1-5-6-7-9(4)8(2)3;1-2/h8H,5-7H2,1-4H3;1-2H3. The second kappa shape index (κ2) is 9.96. The lowest BCUT2D eigenvalue weighted by molar-refractivity contribution is 0.270. The van der Waals surface area contributed by atoms with Gasteiger partial charge in [-0.15, -0.1) is 0 Å². The van der Waals surface area contributed by atoms with E-state index in [1.165, 1.54) is 19.4 Å². The number of hydrogen-bond donors (Lipinski definition) is 0. The molecular formula is C10H25N. The molecule has 0 heterocycles. The normalized spacial score (nSPS) is 9.82. The third-order valence-electron chi connectivity index (χ3n) is 1.75. The molecule has 0 unspecified atom stereocenters. The zero-order valence-electron chi connectivity index (χ0n) is 9.15. The number of rotatable bonds is 4. The molecule has 0 aromatic carbocycles. The Balaban J connectivity index is 0. The summed E-state index contributed by atoms with van der Waals surface area (Å²) in [5, 5.41) is 0. The van der Waals surface area contributed by atoms with Crippen LogP contribution in [0.1, 0.15) is 47.5 Å². The highest BCUT2D eigenvalue weighted by molar-refractivity contribution is 4.55. The molecule has 0 aliphatic heterocycles. The van der Waals surface area contributed by atoms with E-state index in [0.717, 1.165) is 0 Å². The number of nitrogens with zero attached hydrogens (tertiary/aromatic N) is 1. The highest BCUT2D eigenvalue weighted by atomic mass is 15.1. The molecule has 0 saturated carbocycles. The maximum absolute atomic E-state index is 2.38. The molecule has 0 atom stereocenters. The molecule has 0 amide bonds. The smallest absolute Gasteiger partial charge is 0.00355 e. The average Bonchev–Trinajstić information content (AvgIpc) is 2.03. The van der Waals surface area contributed by atoms with E-state index in [4.69, 9.17) is 0 Å². The van der Waals surface area contributed by atoms with Crippen molar-refractivity contribution in [1.29, 1.82) is 0 Å². The van der Waals surface area contributed by atoms with Crippen molar-refractivity contribution < 1.29 is 0 Å². The van der Waals surface area contributed by atoms with Gasteiger partial charge in [-0.3, -0.25) is 0 Å². The van der Waals surface area contributed by atoms with Crippen LogP contribution < -0.4 is 0 Å². The molecular weight excluding hydrogens is 134 g/mol. The van der Waals surface area contributed by atoms with Gasteiger partial charge in [0.2, 0.25) is 0 Å². The topological polar surface area (TPSA) is 3.24 Å². The third-order valence-corrected chi connectivity index (χ3v) is 1.75. The van der Waals surface area contributed by atoms with Gasteiger partial charge in [-0.25, -0.2) is 0 Å². The van der Waals surface area contributed by atoms with Gasteiger partial charge in [0, 0.05) is 6.04 Å². The molecule has 0 aromatic rings. The van der Waals surface area contributed by atoms with E-state index in [9.17, 15) is 0 Å². The zero-order chi connectivity index (χ0) is 9.28. The van der Waals surface area contributed by atoms with Crippen LogP contribution >= 0.6 is 0 Å². The lowest BCUT2D eigenvalue weighted by atomic mass is 10.3. The number of unbranched alkanes of at least 4 members (excludes halogenated alkanes) is 1. The van der Waals surface area contributed by atoms with Gasteiger partial charge in [0.1, 0.15) is 0 Å². The lowest BCUT2D eigenvalue weighted by Gasteiger charge is -2.19. The molecule has 0 fully saturated rings. The first-order chi connectivity index (χ1) is 5.18. The van der Waals surface area contributed by atoms with Crippen LogP contribution in [-0.4, -0.2) is 24.5 Å². The predicted octanol–water partition coefficient (Wildman–Crippen LogP) is 3.15. The summed E-state index contributed by atoms with van der Waals surface area (Å²) in [5.41, 5.74) is 0. The molecule has 0 radical (unpaired) electrons.